The average Bonchev–Trinajstić information content (AvgIpc) is 2.35. The fraction of sp³-hybridized carbons (Fsp3) is 0.933. The fourth-order valence-corrected chi connectivity index (χ4v) is 2.85. The molecular formula is C15H33Cl2N3O. The summed E-state index contributed by atoms with van der Waals surface area (Å²) in [7, 11) is 4.07. The number of amides is 1. The quantitative estimate of drug-likeness (QED) is 0.807. The zero-order chi connectivity index (χ0) is 14.4. The van der Waals surface area contributed by atoms with Crippen molar-refractivity contribution in [1.82, 2.24) is 9.80 Å². The minimum absolute atomic E-state index is 0. The zero-order valence-corrected chi connectivity index (χ0v) is 15.5. The third-order valence-electron chi connectivity index (χ3n) is 4.14. The maximum absolute atomic E-state index is 12.1. The summed E-state index contributed by atoms with van der Waals surface area (Å²) in [4.78, 5) is 16.4. The number of carbonyl (C=O) groups excluding carboxylic acids is 1. The Morgan fingerprint density at radius 1 is 1.33 bits per heavy atom. The summed E-state index contributed by atoms with van der Waals surface area (Å²) in [5, 5.41) is 0. The molecule has 1 rings (SSSR count). The first-order chi connectivity index (χ1) is 8.91. The Kier molecular flexibility index (Phi) is 12.8. The molecule has 21 heavy (non-hydrogen) atoms. The third-order valence-corrected chi connectivity index (χ3v) is 4.14. The molecule has 0 aromatic heterocycles. The first-order valence-corrected chi connectivity index (χ1v) is 7.62. The predicted molar refractivity (Wildman–Crippen MR) is 94.4 cm³/mol. The van der Waals surface area contributed by atoms with Gasteiger partial charge in [-0.05, 0) is 45.2 Å². The molecule has 128 valence electrons. The molecule has 1 aliphatic heterocycles. The highest BCUT2D eigenvalue weighted by molar-refractivity contribution is 5.85. The highest BCUT2D eigenvalue weighted by Gasteiger charge is 2.22. The molecular weight excluding hydrogens is 309 g/mol. The molecule has 0 saturated carbocycles. The van der Waals surface area contributed by atoms with Gasteiger partial charge in [-0.3, -0.25) is 4.79 Å². The number of piperidine rings is 1. The van der Waals surface area contributed by atoms with Gasteiger partial charge in [0.25, 0.3) is 0 Å². The SMILES string of the molecule is CC(C)C[C@H](N)C(=O)N(C)CCC1CCCCN1C.Cl.Cl. The van der Waals surface area contributed by atoms with Crippen LogP contribution in [-0.4, -0.2) is 55.0 Å². The molecule has 0 aromatic rings. The van der Waals surface area contributed by atoms with Crippen LogP contribution in [0.25, 0.3) is 0 Å². The van der Waals surface area contributed by atoms with E-state index < -0.39 is 0 Å². The monoisotopic (exact) mass is 341 g/mol. The molecule has 1 saturated heterocycles. The molecule has 2 atom stereocenters. The Morgan fingerprint density at radius 2 is 1.95 bits per heavy atom. The minimum Gasteiger partial charge on any atom is -0.344 e. The molecule has 0 radical (unpaired) electrons. The number of likely N-dealkylation sites (tertiary alicyclic amines) is 1. The summed E-state index contributed by atoms with van der Waals surface area (Å²) in [6, 6.07) is 0.291. The number of rotatable bonds is 6. The lowest BCUT2D eigenvalue weighted by Crippen LogP contribution is -2.45. The number of nitrogens with zero attached hydrogens (tertiary/aromatic N) is 2. The van der Waals surface area contributed by atoms with Crippen molar-refractivity contribution in [1.29, 1.82) is 0 Å². The van der Waals surface area contributed by atoms with Gasteiger partial charge in [-0.15, -0.1) is 24.8 Å². The van der Waals surface area contributed by atoms with E-state index in [0.29, 0.717) is 12.0 Å². The van der Waals surface area contributed by atoms with Crippen LogP contribution < -0.4 is 5.73 Å². The van der Waals surface area contributed by atoms with Gasteiger partial charge in [0.05, 0.1) is 6.04 Å². The van der Waals surface area contributed by atoms with Gasteiger partial charge in [0.15, 0.2) is 0 Å². The molecule has 0 aliphatic carbocycles. The number of halogens is 2. The molecule has 1 heterocycles. The van der Waals surface area contributed by atoms with Crippen molar-refractivity contribution >= 4 is 30.7 Å². The van der Waals surface area contributed by atoms with E-state index in [1.165, 1.54) is 25.8 Å². The lowest BCUT2D eigenvalue weighted by molar-refractivity contribution is -0.131. The minimum atomic E-state index is -0.339. The maximum atomic E-state index is 12.1. The van der Waals surface area contributed by atoms with Crippen molar-refractivity contribution in [2.45, 2.75) is 58.0 Å². The van der Waals surface area contributed by atoms with Crippen molar-refractivity contribution in [3.63, 3.8) is 0 Å². The lowest BCUT2D eigenvalue weighted by atomic mass is 9.99. The molecule has 1 fully saturated rings. The molecule has 1 amide bonds. The van der Waals surface area contributed by atoms with Crippen LogP contribution in [0.2, 0.25) is 0 Å². The van der Waals surface area contributed by atoms with Gasteiger partial charge < -0.3 is 15.5 Å². The highest BCUT2D eigenvalue weighted by atomic mass is 35.5. The van der Waals surface area contributed by atoms with Crippen LogP contribution in [0.3, 0.4) is 0 Å². The number of nitrogens with two attached hydrogens (primary N) is 1. The Hall–Kier alpha value is -0.0300. The van der Waals surface area contributed by atoms with Gasteiger partial charge in [0.1, 0.15) is 0 Å². The third kappa shape index (κ3) is 8.24. The summed E-state index contributed by atoms with van der Waals surface area (Å²) in [6.07, 6.45) is 5.72. The normalized spacial score (nSPS) is 20.4. The highest BCUT2D eigenvalue weighted by Crippen LogP contribution is 2.18. The van der Waals surface area contributed by atoms with Gasteiger partial charge in [0, 0.05) is 19.6 Å². The van der Waals surface area contributed by atoms with E-state index >= 15 is 0 Å². The summed E-state index contributed by atoms with van der Waals surface area (Å²) >= 11 is 0. The zero-order valence-electron chi connectivity index (χ0n) is 13.9. The molecule has 6 heteroatoms. The van der Waals surface area contributed by atoms with E-state index in [1.54, 1.807) is 0 Å². The standard InChI is InChI=1S/C15H31N3O.2ClH/c1-12(2)11-14(16)15(19)18(4)10-8-13-7-5-6-9-17(13)3;;/h12-14H,5-11,16H2,1-4H3;2*1H/t13?,14-;;/m0../s1. The molecule has 0 aromatic carbocycles. The lowest BCUT2D eigenvalue weighted by Gasteiger charge is -2.34. The maximum Gasteiger partial charge on any atom is 0.239 e. The topological polar surface area (TPSA) is 49.6 Å². The van der Waals surface area contributed by atoms with E-state index in [9.17, 15) is 4.79 Å². The smallest absolute Gasteiger partial charge is 0.239 e. The van der Waals surface area contributed by atoms with Crippen molar-refractivity contribution in [2.24, 2.45) is 11.7 Å². The molecule has 0 spiro atoms. The summed E-state index contributed by atoms with van der Waals surface area (Å²) in [5.41, 5.74) is 5.95. The molecule has 4 nitrogen and oxygen atoms in total. The van der Waals surface area contributed by atoms with E-state index in [4.69, 9.17) is 5.73 Å². The molecule has 1 unspecified atom stereocenters. The molecule has 1 aliphatic rings. The molecule has 2 N–H and O–H groups in total. The first-order valence-electron chi connectivity index (χ1n) is 7.62. The Balaban J connectivity index is 0. The van der Waals surface area contributed by atoms with Crippen molar-refractivity contribution in [3.8, 4) is 0 Å². The van der Waals surface area contributed by atoms with E-state index in [-0.39, 0.29) is 36.8 Å². The second-order valence-corrected chi connectivity index (χ2v) is 6.41. The van der Waals surface area contributed by atoms with E-state index in [0.717, 1.165) is 19.4 Å². The van der Waals surface area contributed by atoms with Crippen molar-refractivity contribution < 1.29 is 4.79 Å². The van der Waals surface area contributed by atoms with Crippen LogP contribution in [0.15, 0.2) is 0 Å². The van der Waals surface area contributed by atoms with Crippen LogP contribution in [0.4, 0.5) is 0 Å². The number of hydrogen-bond donors (Lipinski definition) is 1. The van der Waals surface area contributed by atoms with Gasteiger partial charge in [-0.2, -0.15) is 0 Å². The number of likely N-dealkylation sites (N-methyl/N-ethyl adjacent to an activating group) is 1. The van der Waals surface area contributed by atoms with E-state index in [1.807, 2.05) is 11.9 Å². The second-order valence-electron chi connectivity index (χ2n) is 6.41. The first kappa shape index (κ1) is 23.2. The van der Waals surface area contributed by atoms with Gasteiger partial charge in [-0.25, -0.2) is 0 Å². The van der Waals surface area contributed by atoms with E-state index in [2.05, 4.69) is 25.8 Å². The molecule has 0 bridgehead atoms. The van der Waals surface area contributed by atoms with Crippen LogP contribution in [-0.2, 0) is 4.79 Å². The van der Waals surface area contributed by atoms with Crippen LogP contribution in [0.1, 0.15) is 46.0 Å². The summed E-state index contributed by atoms with van der Waals surface area (Å²) < 4.78 is 0. The second kappa shape index (κ2) is 11.5. The van der Waals surface area contributed by atoms with Gasteiger partial charge in [-0.1, -0.05) is 20.3 Å². The van der Waals surface area contributed by atoms with Gasteiger partial charge >= 0.3 is 0 Å². The van der Waals surface area contributed by atoms with Crippen LogP contribution >= 0.6 is 24.8 Å². The van der Waals surface area contributed by atoms with Crippen molar-refractivity contribution in [2.75, 3.05) is 27.2 Å². The summed E-state index contributed by atoms with van der Waals surface area (Å²) in [5.74, 6) is 0.559. The summed E-state index contributed by atoms with van der Waals surface area (Å²) in [6.45, 7) is 6.21. The van der Waals surface area contributed by atoms with Crippen LogP contribution in [0, 0.1) is 5.92 Å². The Bertz CT molecular complexity index is 290. The van der Waals surface area contributed by atoms with Crippen LogP contribution in [0.5, 0.6) is 0 Å². The predicted octanol–water partition coefficient (Wildman–Crippen LogP) is 2.54. The van der Waals surface area contributed by atoms with Crippen molar-refractivity contribution in [3.05, 3.63) is 0 Å². The Labute approximate surface area is 142 Å². The fourth-order valence-electron chi connectivity index (χ4n) is 2.85. The largest absolute Gasteiger partial charge is 0.344 e. The Morgan fingerprint density at radius 3 is 2.48 bits per heavy atom. The number of hydrogen-bond acceptors (Lipinski definition) is 3. The number of carbonyl (C=O) groups is 1. The van der Waals surface area contributed by atoms with Gasteiger partial charge in [0.2, 0.25) is 5.91 Å². The average molecular weight is 342 g/mol.